The summed E-state index contributed by atoms with van der Waals surface area (Å²) in [5.74, 6) is 0.474. The van der Waals surface area contributed by atoms with E-state index in [1.54, 1.807) is 0 Å². The number of fused-ring (bicyclic) bond motifs is 1. The van der Waals surface area contributed by atoms with Crippen LogP contribution >= 0.6 is 0 Å². The summed E-state index contributed by atoms with van der Waals surface area (Å²) in [4.78, 5) is 4.38. The lowest BCUT2D eigenvalue weighted by molar-refractivity contribution is 0.447. The number of hydrogen-bond acceptors (Lipinski definition) is 3. The first-order valence-electron chi connectivity index (χ1n) is 4.96. The second-order valence-corrected chi connectivity index (χ2v) is 3.75. The molecular weight excluding hydrogens is 176 g/mol. The van der Waals surface area contributed by atoms with Crippen LogP contribution in [-0.2, 0) is 6.42 Å². The molecule has 3 nitrogen and oxygen atoms in total. The van der Waals surface area contributed by atoms with E-state index in [4.69, 9.17) is 4.52 Å². The van der Waals surface area contributed by atoms with Gasteiger partial charge >= 0.3 is 0 Å². The van der Waals surface area contributed by atoms with Gasteiger partial charge in [0.2, 0.25) is 0 Å². The normalized spacial score (nSPS) is 11.4. The standard InChI is InChI=1S/C11H14N2O/c1-4-9-11-10(14-13-9)5-8(6-12-11)7(2)3/h5-7H,4H2,1-3H3. The number of nitrogens with zero attached hydrogens (tertiary/aromatic N) is 2. The number of aromatic nitrogens is 2. The summed E-state index contributed by atoms with van der Waals surface area (Å²) in [6, 6.07) is 2.03. The number of aryl methyl sites for hydroxylation is 1. The lowest BCUT2D eigenvalue weighted by Crippen LogP contribution is -1.89. The first-order chi connectivity index (χ1) is 6.72. The second kappa shape index (κ2) is 3.40. The third kappa shape index (κ3) is 1.39. The zero-order valence-corrected chi connectivity index (χ0v) is 8.74. The molecule has 0 saturated carbocycles. The molecule has 3 heteroatoms. The van der Waals surface area contributed by atoms with E-state index < -0.39 is 0 Å². The Kier molecular flexibility index (Phi) is 2.23. The van der Waals surface area contributed by atoms with Gasteiger partial charge in [0.05, 0.1) is 0 Å². The van der Waals surface area contributed by atoms with Crippen molar-refractivity contribution in [2.24, 2.45) is 0 Å². The van der Waals surface area contributed by atoms with Crippen molar-refractivity contribution in [3.8, 4) is 0 Å². The maximum absolute atomic E-state index is 5.22. The highest BCUT2D eigenvalue weighted by atomic mass is 16.5. The first-order valence-corrected chi connectivity index (χ1v) is 4.96. The van der Waals surface area contributed by atoms with Crippen molar-refractivity contribution in [1.82, 2.24) is 10.1 Å². The van der Waals surface area contributed by atoms with Crippen molar-refractivity contribution in [2.45, 2.75) is 33.1 Å². The van der Waals surface area contributed by atoms with E-state index in [-0.39, 0.29) is 0 Å². The third-order valence-electron chi connectivity index (χ3n) is 2.40. The Hall–Kier alpha value is -1.38. The molecule has 0 spiro atoms. The fraction of sp³-hybridized carbons (Fsp3) is 0.455. The second-order valence-electron chi connectivity index (χ2n) is 3.75. The molecule has 2 heterocycles. The van der Waals surface area contributed by atoms with Gasteiger partial charge in [-0.2, -0.15) is 0 Å². The quantitative estimate of drug-likeness (QED) is 0.730. The Balaban J connectivity index is 2.57. The van der Waals surface area contributed by atoms with Gasteiger partial charge in [-0.1, -0.05) is 25.9 Å². The van der Waals surface area contributed by atoms with E-state index in [0.29, 0.717) is 5.92 Å². The molecule has 0 fully saturated rings. The van der Waals surface area contributed by atoms with Crippen LogP contribution in [0.5, 0.6) is 0 Å². The van der Waals surface area contributed by atoms with Gasteiger partial charge in [0.1, 0.15) is 11.2 Å². The molecule has 0 radical (unpaired) electrons. The molecule has 0 aliphatic rings. The van der Waals surface area contributed by atoms with Crippen LogP contribution in [0, 0.1) is 0 Å². The van der Waals surface area contributed by atoms with E-state index in [1.807, 2.05) is 12.3 Å². The van der Waals surface area contributed by atoms with Gasteiger partial charge in [-0.3, -0.25) is 4.98 Å². The number of rotatable bonds is 2. The van der Waals surface area contributed by atoms with E-state index in [9.17, 15) is 0 Å². The summed E-state index contributed by atoms with van der Waals surface area (Å²) in [6.07, 6.45) is 2.77. The summed E-state index contributed by atoms with van der Waals surface area (Å²) in [5, 5.41) is 3.98. The van der Waals surface area contributed by atoms with Crippen molar-refractivity contribution < 1.29 is 4.52 Å². The highest BCUT2D eigenvalue weighted by Crippen LogP contribution is 2.21. The van der Waals surface area contributed by atoms with E-state index >= 15 is 0 Å². The van der Waals surface area contributed by atoms with Gasteiger partial charge in [0, 0.05) is 6.20 Å². The van der Waals surface area contributed by atoms with Crippen LogP contribution in [0.25, 0.3) is 11.1 Å². The predicted octanol–water partition coefficient (Wildman–Crippen LogP) is 2.91. The largest absolute Gasteiger partial charge is 0.354 e. The molecule has 0 bridgehead atoms. The van der Waals surface area contributed by atoms with Crippen LogP contribution in [0.3, 0.4) is 0 Å². The zero-order valence-electron chi connectivity index (χ0n) is 8.74. The monoisotopic (exact) mass is 190 g/mol. The molecule has 0 aliphatic heterocycles. The minimum Gasteiger partial charge on any atom is -0.354 e. The molecule has 2 rings (SSSR count). The van der Waals surface area contributed by atoms with Gasteiger partial charge < -0.3 is 4.52 Å². The summed E-state index contributed by atoms with van der Waals surface area (Å²) >= 11 is 0. The van der Waals surface area contributed by atoms with Crippen LogP contribution in [0.2, 0.25) is 0 Å². The molecule has 0 aromatic carbocycles. The molecule has 0 unspecified atom stereocenters. The summed E-state index contributed by atoms with van der Waals surface area (Å²) in [7, 11) is 0. The summed E-state index contributed by atoms with van der Waals surface area (Å²) < 4.78 is 5.22. The van der Waals surface area contributed by atoms with E-state index in [2.05, 4.69) is 30.9 Å². The van der Waals surface area contributed by atoms with Gasteiger partial charge in [-0.15, -0.1) is 0 Å². The molecule has 0 N–H and O–H groups in total. The summed E-state index contributed by atoms with van der Waals surface area (Å²) in [5.41, 5.74) is 3.83. The van der Waals surface area contributed by atoms with Gasteiger partial charge in [0.15, 0.2) is 5.58 Å². The molecule has 0 atom stereocenters. The fourth-order valence-corrected chi connectivity index (χ4v) is 1.44. The molecule has 0 aliphatic carbocycles. The topological polar surface area (TPSA) is 38.9 Å². The van der Waals surface area contributed by atoms with Crippen molar-refractivity contribution in [3.05, 3.63) is 23.5 Å². The average molecular weight is 190 g/mol. The molecule has 2 aromatic heterocycles. The van der Waals surface area contributed by atoms with Gasteiger partial charge in [0.25, 0.3) is 0 Å². The third-order valence-corrected chi connectivity index (χ3v) is 2.40. The Morgan fingerprint density at radius 3 is 2.86 bits per heavy atom. The zero-order chi connectivity index (χ0) is 10.1. The molecule has 74 valence electrons. The van der Waals surface area contributed by atoms with Crippen LogP contribution in [0.4, 0.5) is 0 Å². The van der Waals surface area contributed by atoms with Crippen molar-refractivity contribution >= 4 is 11.1 Å². The molecule has 14 heavy (non-hydrogen) atoms. The van der Waals surface area contributed by atoms with Gasteiger partial charge in [-0.05, 0) is 24.0 Å². The number of hydrogen-bond donors (Lipinski definition) is 0. The average Bonchev–Trinajstić information content (AvgIpc) is 2.59. The number of pyridine rings is 1. The first kappa shape index (κ1) is 9.19. The van der Waals surface area contributed by atoms with Gasteiger partial charge in [-0.25, -0.2) is 0 Å². The Bertz CT molecular complexity index is 445. The lowest BCUT2D eigenvalue weighted by atomic mass is 10.1. The van der Waals surface area contributed by atoms with Crippen LogP contribution in [-0.4, -0.2) is 10.1 Å². The Morgan fingerprint density at radius 1 is 1.43 bits per heavy atom. The highest BCUT2D eigenvalue weighted by molar-refractivity contribution is 5.75. The Morgan fingerprint density at radius 2 is 2.21 bits per heavy atom. The van der Waals surface area contributed by atoms with E-state index in [1.165, 1.54) is 5.56 Å². The van der Waals surface area contributed by atoms with Crippen LogP contribution < -0.4 is 0 Å². The molecule has 0 saturated heterocycles. The maximum atomic E-state index is 5.22. The maximum Gasteiger partial charge on any atom is 0.185 e. The molecular formula is C11H14N2O. The predicted molar refractivity (Wildman–Crippen MR) is 55.3 cm³/mol. The van der Waals surface area contributed by atoms with Crippen molar-refractivity contribution in [3.63, 3.8) is 0 Å². The molecule has 2 aromatic rings. The smallest absolute Gasteiger partial charge is 0.185 e. The van der Waals surface area contributed by atoms with E-state index in [0.717, 1.165) is 23.2 Å². The van der Waals surface area contributed by atoms with Crippen molar-refractivity contribution in [2.75, 3.05) is 0 Å². The fourth-order valence-electron chi connectivity index (χ4n) is 1.44. The highest BCUT2D eigenvalue weighted by Gasteiger charge is 2.09. The molecule has 0 amide bonds. The lowest BCUT2D eigenvalue weighted by Gasteiger charge is -2.02. The van der Waals surface area contributed by atoms with Crippen molar-refractivity contribution in [1.29, 1.82) is 0 Å². The SMILES string of the molecule is CCc1noc2cc(C(C)C)cnc12. The Labute approximate surface area is 83.1 Å². The minimum absolute atomic E-state index is 0.474. The van der Waals surface area contributed by atoms with Crippen LogP contribution in [0.15, 0.2) is 16.8 Å². The van der Waals surface area contributed by atoms with Crippen LogP contribution in [0.1, 0.15) is 37.9 Å². The summed E-state index contributed by atoms with van der Waals surface area (Å²) in [6.45, 7) is 6.33. The minimum atomic E-state index is 0.474.